The highest BCUT2D eigenvalue weighted by atomic mass is 16.1. The van der Waals surface area contributed by atoms with Crippen LogP contribution < -0.4 is 5.32 Å². The molecule has 1 aliphatic rings. The van der Waals surface area contributed by atoms with E-state index in [1.54, 1.807) is 18.6 Å². The fourth-order valence-electron chi connectivity index (χ4n) is 2.16. The van der Waals surface area contributed by atoms with E-state index in [9.17, 15) is 4.79 Å². The molecule has 0 aliphatic heterocycles. The van der Waals surface area contributed by atoms with E-state index in [0.717, 1.165) is 12.1 Å². The smallest absolute Gasteiger partial charge is 0.253 e. The van der Waals surface area contributed by atoms with E-state index in [1.807, 2.05) is 11.6 Å². The molecular formula is C13H16N4O. The lowest BCUT2D eigenvalue weighted by Crippen LogP contribution is -2.28. The van der Waals surface area contributed by atoms with Crippen LogP contribution in [-0.2, 0) is 7.05 Å². The van der Waals surface area contributed by atoms with Crippen LogP contribution in [0.25, 0.3) is 11.2 Å². The molecule has 5 heteroatoms. The molecule has 1 saturated carbocycles. The third-order valence-electron chi connectivity index (χ3n) is 3.66. The van der Waals surface area contributed by atoms with E-state index in [1.165, 1.54) is 0 Å². The van der Waals surface area contributed by atoms with Crippen molar-refractivity contribution in [1.82, 2.24) is 19.9 Å². The highest BCUT2D eigenvalue weighted by molar-refractivity contribution is 6.04. The Morgan fingerprint density at radius 1 is 1.50 bits per heavy atom. The lowest BCUT2D eigenvalue weighted by atomic mass is 10.1. The van der Waals surface area contributed by atoms with Crippen molar-refractivity contribution in [3.63, 3.8) is 0 Å². The quantitative estimate of drug-likeness (QED) is 0.870. The maximum Gasteiger partial charge on any atom is 0.253 e. The first-order valence-corrected chi connectivity index (χ1v) is 6.06. The predicted octanol–water partition coefficient (Wildman–Crippen LogP) is 1.50. The van der Waals surface area contributed by atoms with Gasteiger partial charge in [0.2, 0.25) is 0 Å². The van der Waals surface area contributed by atoms with Gasteiger partial charge < -0.3 is 9.88 Å². The first-order valence-electron chi connectivity index (χ1n) is 6.06. The topological polar surface area (TPSA) is 59.8 Å². The van der Waals surface area contributed by atoms with Crippen molar-refractivity contribution in [2.45, 2.75) is 26.3 Å². The summed E-state index contributed by atoms with van der Waals surface area (Å²) in [6.07, 6.45) is 4.36. The largest absolute Gasteiger partial charge is 0.349 e. The van der Waals surface area contributed by atoms with E-state index in [-0.39, 0.29) is 17.4 Å². The summed E-state index contributed by atoms with van der Waals surface area (Å²) in [5, 5.41) is 3.05. The number of fused-ring (bicyclic) bond motifs is 1. The minimum atomic E-state index is -0.0586. The second-order valence-corrected chi connectivity index (χ2v) is 5.60. The van der Waals surface area contributed by atoms with Crippen molar-refractivity contribution in [2.24, 2.45) is 12.5 Å². The van der Waals surface area contributed by atoms with Crippen LogP contribution in [0.15, 0.2) is 18.6 Å². The summed E-state index contributed by atoms with van der Waals surface area (Å²) >= 11 is 0. The molecule has 2 heterocycles. The zero-order chi connectivity index (χ0) is 12.9. The fourth-order valence-corrected chi connectivity index (χ4v) is 2.16. The fraction of sp³-hybridized carbons (Fsp3) is 0.462. The van der Waals surface area contributed by atoms with Crippen molar-refractivity contribution >= 4 is 17.1 Å². The van der Waals surface area contributed by atoms with E-state index in [0.29, 0.717) is 11.1 Å². The molecule has 1 fully saturated rings. The van der Waals surface area contributed by atoms with Crippen molar-refractivity contribution in [3.05, 3.63) is 24.2 Å². The van der Waals surface area contributed by atoms with Gasteiger partial charge in [0, 0.05) is 19.3 Å². The number of imidazole rings is 1. The third kappa shape index (κ3) is 1.66. The Bertz CT molecular complexity index is 629. The standard InChI is InChI=1S/C13H16N4O/c1-13(2)6-9(13)16-12(18)8-4-5-14-11-10(8)15-7-17(11)3/h4-5,7,9H,6H2,1-3H3,(H,16,18)/t9-/m0/s1. The number of nitrogens with one attached hydrogen (secondary N) is 1. The molecule has 0 radical (unpaired) electrons. The SMILES string of the molecule is Cn1cnc2c(C(=O)N[C@H]3CC3(C)C)ccnc21. The Labute approximate surface area is 105 Å². The van der Waals surface area contributed by atoms with Gasteiger partial charge in [-0.3, -0.25) is 4.79 Å². The average Bonchev–Trinajstić information content (AvgIpc) is 2.74. The molecule has 1 N–H and O–H groups in total. The number of rotatable bonds is 2. The zero-order valence-electron chi connectivity index (χ0n) is 10.8. The summed E-state index contributed by atoms with van der Waals surface area (Å²) in [5.74, 6) is -0.0586. The van der Waals surface area contributed by atoms with E-state index in [4.69, 9.17) is 0 Å². The van der Waals surface area contributed by atoms with Crippen LogP contribution in [0.1, 0.15) is 30.6 Å². The Hall–Kier alpha value is -1.91. The number of carbonyl (C=O) groups is 1. The molecule has 3 rings (SSSR count). The Balaban J connectivity index is 1.92. The lowest BCUT2D eigenvalue weighted by molar-refractivity contribution is 0.0948. The van der Waals surface area contributed by atoms with Crippen LogP contribution in [0.5, 0.6) is 0 Å². The van der Waals surface area contributed by atoms with Gasteiger partial charge in [-0.2, -0.15) is 0 Å². The van der Waals surface area contributed by atoms with Crippen LogP contribution in [0.4, 0.5) is 0 Å². The Kier molecular flexibility index (Phi) is 2.20. The highest BCUT2D eigenvalue weighted by Crippen LogP contribution is 2.44. The molecule has 0 aromatic carbocycles. The van der Waals surface area contributed by atoms with Gasteiger partial charge in [0.1, 0.15) is 5.52 Å². The molecule has 18 heavy (non-hydrogen) atoms. The molecular weight excluding hydrogens is 228 g/mol. The minimum Gasteiger partial charge on any atom is -0.349 e. The summed E-state index contributed by atoms with van der Waals surface area (Å²) in [6, 6.07) is 2.00. The molecule has 0 unspecified atom stereocenters. The number of nitrogens with zero attached hydrogens (tertiary/aromatic N) is 3. The summed E-state index contributed by atoms with van der Waals surface area (Å²) in [7, 11) is 1.87. The molecule has 1 atom stereocenters. The van der Waals surface area contributed by atoms with Gasteiger partial charge in [0.25, 0.3) is 5.91 Å². The van der Waals surface area contributed by atoms with E-state index in [2.05, 4.69) is 29.1 Å². The van der Waals surface area contributed by atoms with Crippen LogP contribution in [0.2, 0.25) is 0 Å². The summed E-state index contributed by atoms with van der Waals surface area (Å²) in [4.78, 5) is 20.7. The van der Waals surface area contributed by atoms with Crippen LogP contribution in [0.3, 0.4) is 0 Å². The molecule has 0 spiro atoms. The van der Waals surface area contributed by atoms with Crippen molar-refractivity contribution in [2.75, 3.05) is 0 Å². The molecule has 94 valence electrons. The van der Waals surface area contributed by atoms with Crippen molar-refractivity contribution in [1.29, 1.82) is 0 Å². The van der Waals surface area contributed by atoms with Gasteiger partial charge in [-0.05, 0) is 17.9 Å². The maximum absolute atomic E-state index is 12.2. The number of pyridine rings is 1. The third-order valence-corrected chi connectivity index (χ3v) is 3.66. The Morgan fingerprint density at radius 3 is 2.89 bits per heavy atom. The number of aromatic nitrogens is 3. The van der Waals surface area contributed by atoms with Gasteiger partial charge in [-0.15, -0.1) is 0 Å². The second-order valence-electron chi connectivity index (χ2n) is 5.60. The number of amides is 1. The lowest BCUT2D eigenvalue weighted by Gasteiger charge is -2.07. The zero-order valence-corrected chi connectivity index (χ0v) is 10.8. The second kappa shape index (κ2) is 3.54. The number of hydrogen-bond donors (Lipinski definition) is 1. The number of aryl methyl sites for hydroxylation is 1. The van der Waals surface area contributed by atoms with Gasteiger partial charge >= 0.3 is 0 Å². The first kappa shape index (κ1) is 11.2. The Morgan fingerprint density at radius 2 is 2.22 bits per heavy atom. The van der Waals surface area contributed by atoms with Gasteiger partial charge in [-0.25, -0.2) is 9.97 Å². The van der Waals surface area contributed by atoms with Crippen LogP contribution in [0, 0.1) is 5.41 Å². The molecule has 5 nitrogen and oxygen atoms in total. The van der Waals surface area contributed by atoms with Crippen molar-refractivity contribution in [3.8, 4) is 0 Å². The molecule has 2 aromatic heterocycles. The molecule has 1 aliphatic carbocycles. The van der Waals surface area contributed by atoms with Crippen LogP contribution >= 0.6 is 0 Å². The average molecular weight is 244 g/mol. The normalized spacial score (nSPS) is 20.9. The van der Waals surface area contributed by atoms with Gasteiger partial charge in [0.05, 0.1) is 11.9 Å². The molecule has 2 aromatic rings. The van der Waals surface area contributed by atoms with Gasteiger partial charge in [-0.1, -0.05) is 13.8 Å². The summed E-state index contributed by atoms with van der Waals surface area (Å²) < 4.78 is 1.81. The predicted molar refractivity (Wildman–Crippen MR) is 68.2 cm³/mol. The molecule has 0 saturated heterocycles. The molecule has 0 bridgehead atoms. The first-order chi connectivity index (χ1) is 8.49. The van der Waals surface area contributed by atoms with Crippen LogP contribution in [-0.4, -0.2) is 26.5 Å². The highest BCUT2D eigenvalue weighted by Gasteiger charge is 2.46. The monoisotopic (exact) mass is 244 g/mol. The van der Waals surface area contributed by atoms with E-state index < -0.39 is 0 Å². The van der Waals surface area contributed by atoms with Gasteiger partial charge in [0.15, 0.2) is 5.65 Å². The molecule has 1 amide bonds. The minimum absolute atomic E-state index is 0.0586. The maximum atomic E-state index is 12.2. The number of carbonyl (C=O) groups excluding carboxylic acids is 1. The van der Waals surface area contributed by atoms with Crippen molar-refractivity contribution < 1.29 is 4.79 Å². The summed E-state index contributed by atoms with van der Waals surface area (Å²) in [6.45, 7) is 4.31. The summed E-state index contributed by atoms with van der Waals surface area (Å²) in [5.41, 5.74) is 2.23. The van der Waals surface area contributed by atoms with E-state index >= 15 is 0 Å². The number of hydrogen-bond acceptors (Lipinski definition) is 3.